The quantitative estimate of drug-likeness (QED) is 0.445. The summed E-state index contributed by atoms with van der Waals surface area (Å²) in [6.07, 6.45) is 6.77. The third-order valence-corrected chi connectivity index (χ3v) is 3.97. The van der Waals surface area contributed by atoms with Crippen LogP contribution in [0, 0.1) is 0 Å². The first-order chi connectivity index (χ1) is 12.2. The van der Waals surface area contributed by atoms with E-state index in [9.17, 15) is 9.59 Å². The number of fused-ring (bicyclic) bond motifs is 1. The number of ketones is 1. The van der Waals surface area contributed by atoms with Gasteiger partial charge in [0.1, 0.15) is 0 Å². The molecule has 6 nitrogen and oxygen atoms in total. The van der Waals surface area contributed by atoms with Gasteiger partial charge in [-0.2, -0.15) is 0 Å². The fourth-order valence-electron chi connectivity index (χ4n) is 2.70. The lowest BCUT2D eigenvalue weighted by molar-refractivity contribution is -0.112. The largest absolute Gasteiger partial charge is 0.360 e. The first-order valence-corrected chi connectivity index (χ1v) is 7.72. The molecule has 4 aromatic rings. The number of H-pyrrole nitrogens is 1. The van der Waals surface area contributed by atoms with E-state index < -0.39 is 11.7 Å². The first kappa shape index (κ1) is 14.9. The molecule has 25 heavy (non-hydrogen) atoms. The number of hydrogen-bond donors (Lipinski definition) is 2. The Balaban J connectivity index is 1.52. The molecule has 0 fully saturated rings. The molecule has 2 N–H and O–H groups in total. The van der Waals surface area contributed by atoms with Gasteiger partial charge in [0.05, 0.1) is 11.9 Å². The molecule has 0 aliphatic heterocycles. The van der Waals surface area contributed by atoms with Crippen molar-refractivity contribution in [1.82, 2.24) is 14.5 Å². The van der Waals surface area contributed by atoms with Gasteiger partial charge < -0.3 is 14.9 Å². The van der Waals surface area contributed by atoms with Crippen LogP contribution in [0.3, 0.4) is 0 Å². The van der Waals surface area contributed by atoms with Crippen molar-refractivity contribution in [2.24, 2.45) is 0 Å². The monoisotopic (exact) mass is 330 g/mol. The van der Waals surface area contributed by atoms with Gasteiger partial charge in [0.25, 0.3) is 11.7 Å². The number of nitrogens with one attached hydrogen (secondary N) is 2. The zero-order chi connectivity index (χ0) is 17.2. The van der Waals surface area contributed by atoms with Crippen molar-refractivity contribution in [3.63, 3.8) is 0 Å². The fraction of sp³-hybridized carbons (Fsp3) is 0. The standard InChI is InChI=1S/C19H14N4O2/c24-18(16-11-21-17-4-2-1-3-15(16)17)19(25)22-13-5-7-14(8-6-13)23-10-9-20-12-23/h1-12,21H,(H,22,25). The predicted molar refractivity (Wildman–Crippen MR) is 94.8 cm³/mol. The van der Waals surface area contributed by atoms with Crippen molar-refractivity contribution < 1.29 is 9.59 Å². The number of aromatic amines is 1. The van der Waals surface area contributed by atoms with Crippen LogP contribution in [0.2, 0.25) is 0 Å². The van der Waals surface area contributed by atoms with E-state index in [1.165, 1.54) is 0 Å². The van der Waals surface area contributed by atoms with Gasteiger partial charge >= 0.3 is 0 Å². The Labute approximate surface area is 143 Å². The number of amides is 1. The van der Waals surface area contributed by atoms with E-state index in [1.807, 2.05) is 47.2 Å². The van der Waals surface area contributed by atoms with Crippen LogP contribution >= 0.6 is 0 Å². The molecule has 2 heterocycles. The van der Waals surface area contributed by atoms with E-state index in [-0.39, 0.29) is 0 Å². The Morgan fingerprint density at radius 3 is 2.60 bits per heavy atom. The van der Waals surface area contributed by atoms with E-state index in [2.05, 4.69) is 15.3 Å². The van der Waals surface area contributed by atoms with Crippen molar-refractivity contribution in [3.05, 3.63) is 79.0 Å². The molecule has 1 amide bonds. The van der Waals surface area contributed by atoms with E-state index in [0.29, 0.717) is 11.3 Å². The second-order valence-corrected chi connectivity index (χ2v) is 5.55. The zero-order valence-corrected chi connectivity index (χ0v) is 13.1. The summed E-state index contributed by atoms with van der Waals surface area (Å²) in [5.74, 6) is -1.24. The third kappa shape index (κ3) is 2.81. The van der Waals surface area contributed by atoms with E-state index in [1.54, 1.807) is 30.9 Å². The van der Waals surface area contributed by atoms with Crippen molar-refractivity contribution in [3.8, 4) is 5.69 Å². The van der Waals surface area contributed by atoms with Gasteiger partial charge in [-0.3, -0.25) is 9.59 Å². The molecular weight excluding hydrogens is 316 g/mol. The van der Waals surface area contributed by atoms with Crippen molar-refractivity contribution in [2.75, 3.05) is 5.32 Å². The molecule has 0 saturated carbocycles. The van der Waals surface area contributed by atoms with Crippen LogP contribution in [0.1, 0.15) is 10.4 Å². The van der Waals surface area contributed by atoms with Gasteiger partial charge in [0, 0.05) is 40.9 Å². The normalized spacial score (nSPS) is 10.7. The van der Waals surface area contributed by atoms with Crippen LogP contribution in [-0.4, -0.2) is 26.2 Å². The Morgan fingerprint density at radius 2 is 1.84 bits per heavy atom. The van der Waals surface area contributed by atoms with Gasteiger partial charge in [-0.15, -0.1) is 0 Å². The van der Waals surface area contributed by atoms with Gasteiger partial charge in [0.15, 0.2) is 0 Å². The lowest BCUT2D eigenvalue weighted by Gasteiger charge is -2.06. The highest BCUT2D eigenvalue weighted by Gasteiger charge is 2.19. The molecule has 6 heteroatoms. The molecule has 0 radical (unpaired) electrons. The average molecular weight is 330 g/mol. The van der Waals surface area contributed by atoms with Crippen LogP contribution in [-0.2, 0) is 4.79 Å². The van der Waals surface area contributed by atoms with Crippen molar-refractivity contribution in [2.45, 2.75) is 0 Å². The molecule has 0 atom stereocenters. The molecule has 0 bridgehead atoms. The smallest absolute Gasteiger partial charge is 0.296 e. The minimum atomic E-state index is -0.667. The Bertz CT molecular complexity index is 1050. The summed E-state index contributed by atoms with van der Waals surface area (Å²) >= 11 is 0. The number of imidazole rings is 1. The molecule has 4 rings (SSSR count). The average Bonchev–Trinajstić information content (AvgIpc) is 3.31. The summed E-state index contributed by atoms with van der Waals surface area (Å²) in [7, 11) is 0. The molecule has 0 spiro atoms. The topological polar surface area (TPSA) is 79.8 Å². The lowest BCUT2D eigenvalue weighted by Crippen LogP contribution is -2.22. The van der Waals surface area contributed by atoms with E-state index in [4.69, 9.17) is 0 Å². The molecule has 0 unspecified atom stereocenters. The van der Waals surface area contributed by atoms with Crippen molar-refractivity contribution >= 4 is 28.3 Å². The summed E-state index contributed by atoms with van der Waals surface area (Å²) < 4.78 is 1.85. The molecule has 0 aliphatic carbocycles. The number of para-hydroxylation sites is 1. The molecule has 122 valence electrons. The van der Waals surface area contributed by atoms with Gasteiger partial charge in [-0.1, -0.05) is 18.2 Å². The Kier molecular flexibility index (Phi) is 3.63. The summed E-state index contributed by atoms with van der Waals surface area (Å²) in [6, 6.07) is 14.5. The van der Waals surface area contributed by atoms with Crippen LogP contribution in [0.25, 0.3) is 16.6 Å². The second kappa shape index (κ2) is 6.09. The van der Waals surface area contributed by atoms with Gasteiger partial charge in [-0.05, 0) is 30.3 Å². The van der Waals surface area contributed by atoms with Crippen molar-refractivity contribution in [1.29, 1.82) is 0 Å². The third-order valence-electron chi connectivity index (χ3n) is 3.97. The van der Waals surface area contributed by atoms with E-state index >= 15 is 0 Å². The highest BCUT2D eigenvalue weighted by atomic mass is 16.2. The highest BCUT2D eigenvalue weighted by Crippen LogP contribution is 2.19. The van der Waals surface area contributed by atoms with Gasteiger partial charge in [0.2, 0.25) is 0 Å². The zero-order valence-electron chi connectivity index (χ0n) is 13.1. The molecule has 2 aromatic heterocycles. The number of Topliss-reactive ketones (excluding diaryl/α,β-unsaturated/α-hetero) is 1. The lowest BCUT2D eigenvalue weighted by atomic mass is 10.1. The molecule has 0 aliphatic rings. The fourth-order valence-corrected chi connectivity index (χ4v) is 2.70. The first-order valence-electron chi connectivity index (χ1n) is 7.72. The maximum Gasteiger partial charge on any atom is 0.296 e. The number of carbonyl (C=O) groups excluding carboxylic acids is 2. The summed E-state index contributed by atoms with van der Waals surface area (Å²) in [5.41, 5.74) is 2.66. The molecule has 2 aromatic carbocycles. The number of nitrogens with zero attached hydrogens (tertiary/aromatic N) is 2. The Morgan fingerprint density at radius 1 is 1.04 bits per heavy atom. The maximum absolute atomic E-state index is 12.4. The van der Waals surface area contributed by atoms with Crippen LogP contribution in [0.5, 0.6) is 0 Å². The summed E-state index contributed by atoms with van der Waals surface area (Å²) in [5, 5.41) is 3.37. The number of rotatable bonds is 4. The van der Waals surface area contributed by atoms with Crippen LogP contribution < -0.4 is 5.32 Å². The maximum atomic E-state index is 12.4. The molecular formula is C19H14N4O2. The van der Waals surface area contributed by atoms with E-state index in [0.717, 1.165) is 16.6 Å². The van der Waals surface area contributed by atoms with Crippen LogP contribution in [0.15, 0.2) is 73.4 Å². The number of anilines is 1. The highest BCUT2D eigenvalue weighted by molar-refractivity contribution is 6.48. The summed E-state index contributed by atoms with van der Waals surface area (Å²) in [6.45, 7) is 0. The number of aromatic nitrogens is 3. The minimum absolute atomic E-state index is 0.364. The predicted octanol–water partition coefficient (Wildman–Crippen LogP) is 3.18. The number of benzene rings is 2. The molecule has 0 saturated heterocycles. The van der Waals surface area contributed by atoms with Crippen LogP contribution in [0.4, 0.5) is 5.69 Å². The SMILES string of the molecule is O=C(Nc1ccc(-n2ccnc2)cc1)C(=O)c1c[nH]c2ccccc12. The number of hydrogen-bond acceptors (Lipinski definition) is 3. The summed E-state index contributed by atoms with van der Waals surface area (Å²) in [4.78, 5) is 31.7. The minimum Gasteiger partial charge on any atom is -0.360 e. The Hall–Kier alpha value is -3.67. The second-order valence-electron chi connectivity index (χ2n) is 5.55. The number of carbonyl (C=O) groups is 2. The van der Waals surface area contributed by atoms with Gasteiger partial charge in [-0.25, -0.2) is 4.98 Å².